The fourth-order valence-electron chi connectivity index (χ4n) is 2.86. The van der Waals surface area contributed by atoms with Crippen molar-refractivity contribution >= 4 is 12.1 Å². The number of hydrogen-bond donors (Lipinski definition) is 3. The first kappa shape index (κ1) is 22.8. The van der Waals surface area contributed by atoms with Gasteiger partial charge in [-0.2, -0.15) is 5.10 Å². The van der Waals surface area contributed by atoms with E-state index in [1.165, 1.54) is 12.4 Å². The summed E-state index contributed by atoms with van der Waals surface area (Å²) in [5, 5.41) is 23.4. The van der Waals surface area contributed by atoms with Crippen LogP contribution in [0.15, 0.2) is 59.8 Å². The third-order valence-electron chi connectivity index (χ3n) is 4.64. The minimum absolute atomic E-state index is 0.0913. The fourth-order valence-corrected chi connectivity index (χ4v) is 2.86. The molecule has 1 aromatic heterocycles. The molecule has 0 saturated heterocycles. The summed E-state index contributed by atoms with van der Waals surface area (Å²) in [5.74, 6) is 1.02. The molecule has 8 heteroatoms. The maximum atomic E-state index is 12.3. The van der Waals surface area contributed by atoms with Gasteiger partial charge in [0.1, 0.15) is 23.9 Å². The number of aliphatic hydroxyl groups excluding tert-OH is 1. The summed E-state index contributed by atoms with van der Waals surface area (Å²) in [6.45, 7) is 4.23. The molecule has 0 saturated carbocycles. The van der Waals surface area contributed by atoms with Crippen LogP contribution in [-0.2, 0) is 13.2 Å². The number of rotatable bonds is 9. The lowest BCUT2D eigenvalue weighted by molar-refractivity contribution is 0.0955. The third-order valence-corrected chi connectivity index (χ3v) is 4.64. The zero-order chi connectivity index (χ0) is 22.9. The monoisotopic (exact) mass is 435 g/mol. The second-order valence-corrected chi connectivity index (χ2v) is 6.88. The Morgan fingerprint density at radius 1 is 1.09 bits per heavy atom. The predicted molar refractivity (Wildman–Crippen MR) is 120 cm³/mol. The Labute approximate surface area is 186 Å². The van der Waals surface area contributed by atoms with Crippen molar-refractivity contribution in [3.8, 4) is 17.2 Å². The summed E-state index contributed by atoms with van der Waals surface area (Å²) in [7, 11) is 0. The average molecular weight is 435 g/mol. The summed E-state index contributed by atoms with van der Waals surface area (Å²) in [4.78, 5) is 16.3. The van der Waals surface area contributed by atoms with Crippen LogP contribution in [0.1, 0.15) is 39.7 Å². The molecule has 3 aromatic rings. The lowest BCUT2D eigenvalue weighted by atomic mass is 10.1. The van der Waals surface area contributed by atoms with Gasteiger partial charge in [0, 0.05) is 22.9 Å². The molecule has 2 aromatic carbocycles. The topological polar surface area (TPSA) is 113 Å². The Bertz CT molecular complexity index is 1080. The molecule has 32 heavy (non-hydrogen) atoms. The van der Waals surface area contributed by atoms with Gasteiger partial charge in [-0.25, -0.2) is 5.43 Å². The first-order chi connectivity index (χ1) is 15.5. The van der Waals surface area contributed by atoms with Gasteiger partial charge in [-0.15, -0.1) is 0 Å². The van der Waals surface area contributed by atoms with Crippen LogP contribution in [0, 0.1) is 6.92 Å². The van der Waals surface area contributed by atoms with E-state index in [9.17, 15) is 15.0 Å². The zero-order valence-electron chi connectivity index (χ0n) is 17.9. The number of aryl methyl sites for hydroxylation is 1. The molecule has 0 spiro atoms. The molecule has 166 valence electrons. The number of aromatic nitrogens is 1. The highest BCUT2D eigenvalue weighted by molar-refractivity contribution is 5.95. The van der Waals surface area contributed by atoms with E-state index in [2.05, 4.69) is 15.5 Å². The van der Waals surface area contributed by atoms with Crippen molar-refractivity contribution in [3.63, 3.8) is 0 Å². The van der Waals surface area contributed by atoms with Crippen LogP contribution in [0.2, 0.25) is 0 Å². The number of hydrazone groups is 1. The van der Waals surface area contributed by atoms with E-state index in [0.29, 0.717) is 35.6 Å². The van der Waals surface area contributed by atoms with Crippen molar-refractivity contribution < 1.29 is 24.5 Å². The molecule has 0 unspecified atom stereocenters. The number of aliphatic hydroxyl groups is 1. The van der Waals surface area contributed by atoms with E-state index in [0.717, 1.165) is 17.1 Å². The summed E-state index contributed by atoms with van der Waals surface area (Å²) in [5.41, 5.74) is 4.85. The normalized spacial score (nSPS) is 10.8. The Kier molecular flexibility index (Phi) is 7.77. The van der Waals surface area contributed by atoms with E-state index in [1.807, 2.05) is 31.2 Å². The molecule has 0 radical (unpaired) electrons. The van der Waals surface area contributed by atoms with Gasteiger partial charge in [0.15, 0.2) is 0 Å². The molecular weight excluding hydrogens is 410 g/mol. The van der Waals surface area contributed by atoms with E-state index in [-0.39, 0.29) is 12.4 Å². The predicted octanol–water partition coefficient (Wildman–Crippen LogP) is 3.33. The molecule has 0 atom stereocenters. The summed E-state index contributed by atoms with van der Waals surface area (Å²) in [6, 6.07) is 14.3. The smallest absolute Gasteiger partial charge is 0.271 e. The maximum absolute atomic E-state index is 12.3. The van der Waals surface area contributed by atoms with Crippen LogP contribution in [0.5, 0.6) is 17.2 Å². The Morgan fingerprint density at radius 3 is 2.38 bits per heavy atom. The van der Waals surface area contributed by atoms with Gasteiger partial charge in [-0.3, -0.25) is 9.78 Å². The summed E-state index contributed by atoms with van der Waals surface area (Å²) in [6.07, 6.45) is 2.73. The molecule has 0 aliphatic carbocycles. The van der Waals surface area contributed by atoms with Crippen molar-refractivity contribution in [2.24, 2.45) is 5.10 Å². The number of amides is 1. The van der Waals surface area contributed by atoms with Crippen LogP contribution in [0.3, 0.4) is 0 Å². The summed E-state index contributed by atoms with van der Waals surface area (Å²) >= 11 is 0. The van der Waals surface area contributed by atoms with Crippen LogP contribution >= 0.6 is 0 Å². The number of carbonyl (C=O) groups excluding carboxylic acids is 1. The number of nitrogens with one attached hydrogen (secondary N) is 1. The second kappa shape index (κ2) is 10.9. The summed E-state index contributed by atoms with van der Waals surface area (Å²) < 4.78 is 11.2. The van der Waals surface area contributed by atoms with Gasteiger partial charge in [-0.1, -0.05) is 12.1 Å². The molecule has 3 N–H and O–H groups in total. The molecule has 1 heterocycles. The Balaban J connectivity index is 1.56. The van der Waals surface area contributed by atoms with Crippen molar-refractivity contribution in [2.75, 3.05) is 6.61 Å². The molecular formula is C24H25N3O5. The molecule has 3 rings (SSSR count). The number of hydrogen-bond acceptors (Lipinski definition) is 7. The molecule has 0 aliphatic heterocycles. The van der Waals surface area contributed by atoms with E-state index >= 15 is 0 Å². The van der Waals surface area contributed by atoms with Crippen molar-refractivity contribution in [1.29, 1.82) is 0 Å². The minimum Gasteiger partial charge on any atom is -0.505 e. The van der Waals surface area contributed by atoms with Gasteiger partial charge in [0.25, 0.3) is 5.91 Å². The van der Waals surface area contributed by atoms with Crippen molar-refractivity contribution in [3.05, 3.63) is 82.7 Å². The molecule has 8 nitrogen and oxygen atoms in total. The van der Waals surface area contributed by atoms with Crippen molar-refractivity contribution in [2.45, 2.75) is 27.1 Å². The SMILES string of the molecule is CCOc1ccc(OCc2ccc(C(=O)N/N=C/c3c(CO)cnc(C)c3O)cc2)cc1. The second-order valence-electron chi connectivity index (χ2n) is 6.88. The highest BCUT2D eigenvalue weighted by Gasteiger charge is 2.10. The number of benzene rings is 2. The number of pyridine rings is 1. The number of ether oxygens (including phenoxy) is 2. The van der Waals surface area contributed by atoms with Gasteiger partial charge in [0.2, 0.25) is 0 Å². The standard InChI is InChI=1S/C24H25N3O5/c1-3-31-20-8-10-21(11-9-20)32-15-17-4-6-18(7-5-17)24(30)27-26-13-22-19(14-28)12-25-16(2)23(22)29/h4-13,28-29H,3,14-15H2,1-2H3,(H,27,30)/b26-13+. The van der Waals surface area contributed by atoms with Gasteiger partial charge >= 0.3 is 0 Å². The average Bonchev–Trinajstić information content (AvgIpc) is 2.82. The van der Waals surface area contributed by atoms with Crippen LogP contribution in [-0.4, -0.2) is 33.9 Å². The maximum Gasteiger partial charge on any atom is 0.271 e. The van der Waals surface area contributed by atoms with Gasteiger partial charge in [0.05, 0.1) is 25.1 Å². The van der Waals surface area contributed by atoms with Crippen LogP contribution in [0.4, 0.5) is 0 Å². The molecule has 0 fully saturated rings. The molecule has 0 aliphatic rings. The molecule has 0 bridgehead atoms. The third kappa shape index (κ3) is 5.83. The van der Waals surface area contributed by atoms with E-state index in [4.69, 9.17) is 9.47 Å². The minimum atomic E-state index is -0.406. The van der Waals surface area contributed by atoms with E-state index in [1.54, 1.807) is 31.2 Å². The number of carbonyl (C=O) groups is 1. The quantitative estimate of drug-likeness (QED) is 0.351. The van der Waals surface area contributed by atoms with Gasteiger partial charge in [-0.05, 0) is 55.8 Å². The van der Waals surface area contributed by atoms with Gasteiger partial charge < -0.3 is 19.7 Å². The Hall–Kier alpha value is -3.91. The first-order valence-electron chi connectivity index (χ1n) is 10.1. The van der Waals surface area contributed by atoms with E-state index < -0.39 is 5.91 Å². The highest BCUT2D eigenvalue weighted by Crippen LogP contribution is 2.22. The van der Waals surface area contributed by atoms with Crippen molar-refractivity contribution in [1.82, 2.24) is 10.4 Å². The number of nitrogens with zero attached hydrogens (tertiary/aromatic N) is 2. The first-order valence-corrected chi connectivity index (χ1v) is 10.1. The lowest BCUT2D eigenvalue weighted by Gasteiger charge is -2.08. The molecule has 1 amide bonds. The van der Waals surface area contributed by atoms with Crippen LogP contribution < -0.4 is 14.9 Å². The largest absolute Gasteiger partial charge is 0.505 e. The lowest BCUT2D eigenvalue weighted by Crippen LogP contribution is -2.17. The zero-order valence-corrected chi connectivity index (χ0v) is 17.9. The fraction of sp³-hybridized carbons (Fsp3) is 0.208. The van der Waals surface area contributed by atoms with Crippen LogP contribution in [0.25, 0.3) is 0 Å². The Morgan fingerprint density at radius 2 is 1.75 bits per heavy atom. The highest BCUT2D eigenvalue weighted by atomic mass is 16.5. The number of aromatic hydroxyl groups is 1.